The summed E-state index contributed by atoms with van der Waals surface area (Å²) in [5.74, 6) is -1.32. The molecule has 0 bridgehead atoms. The van der Waals surface area contributed by atoms with Crippen molar-refractivity contribution in [2.24, 2.45) is 0 Å². The van der Waals surface area contributed by atoms with Gasteiger partial charge in [0.05, 0.1) is 0 Å². The Bertz CT molecular complexity index is 661. The molecule has 0 fully saturated rings. The van der Waals surface area contributed by atoms with E-state index in [2.05, 4.69) is 0 Å². The van der Waals surface area contributed by atoms with Crippen molar-refractivity contribution in [2.45, 2.75) is 6.29 Å². The highest BCUT2D eigenvalue weighted by Gasteiger charge is 2.27. The molecule has 4 heteroatoms. The molecular formula is C16H12O4. The van der Waals surface area contributed by atoms with Crippen LogP contribution in [0.15, 0.2) is 66.6 Å². The predicted molar refractivity (Wildman–Crippen MR) is 72.5 cm³/mol. The molecule has 2 aromatic carbocycles. The van der Waals surface area contributed by atoms with Crippen LogP contribution in [0.4, 0.5) is 0 Å². The quantitative estimate of drug-likeness (QED) is 0.927. The topological polar surface area (TPSA) is 55.8 Å². The summed E-state index contributed by atoms with van der Waals surface area (Å²) in [5.41, 5.74) is 2.78. The Morgan fingerprint density at radius 2 is 1.70 bits per heavy atom. The van der Waals surface area contributed by atoms with E-state index in [0.29, 0.717) is 0 Å². The average molecular weight is 268 g/mol. The smallest absolute Gasteiger partial charge is 0.374 e. The van der Waals surface area contributed by atoms with E-state index in [-0.39, 0.29) is 5.76 Å². The molecule has 1 N–H and O–H groups in total. The standard InChI is InChI=1S/C16H12O4/c17-15(18)14-10-19-16(20-14)13-9-5-4-8-12(13)11-6-2-1-3-7-11/h1-10,16H,(H,17,18). The van der Waals surface area contributed by atoms with Crippen molar-refractivity contribution in [3.63, 3.8) is 0 Å². The van der Waals surface area contributed by atoms with E-state index in [1.54, 1.807) is 0 Å². The fourth-order valence-electron chi connectivity index (χ4n) is 2.12. The van der Waals surface area contributed by atoms with Crippen molar-refractivity contribution in [1.82, 2.24) is 0 Å². The van der Waals surface area contributed by atoms with Gasteiger partial charge in [0.2, 0.25) is 5.76 Å². The summed E-state index contributed by atoms with van der Waals surface area (Å²) in [7, 11) is 0. The monoisotopic (exact) mass is 268 g/mol. The number of benzene rings is 2. The number of carbonyl (C=O) groups is 1. The lowest BCUT2D eigenvalue weighted by molar-refractivity contribution is -0.139. The summed E-state index contributed by atoms with van der Waals surface area (Å²) < 4.78 is 10.6. The van der Waals surface area contributed by atoms with Crippen LogP contribution in [0.25, 0.3) is 11.1 Å². The van der Waals surface area contributed by atoms with E-state index in [1.807, 2.05) is 54.6 Å². The van der Waals surface area contributed by atoms with Gasteiger partial charge < -0.3 is 14.6 Å². The van der Waals surface area contributed by atoms with Gasteiger partial charge in [-0.05, 0) is 11.1 Å². The molecule has 0 amide bonds. The summed E-state index contributed by atoms with van der Waals surface area (Å²) >= 11 is 0. The largest absolute Gasteiger partial charge is 0.475 e. The molecule has 0 spiro atoms. The van der Waals surface area contributed by atoms with Crippen molar-refractivity contribution < 1.29 is 19.4 Å². The molecule has 20 heavy (non-hydrogen) atoms. The van der Waals surface area contributed by atoms with E-state index in [1.165, 1.54) is 0 Å². The number of carboxylic acids is 1. The first kappa shape index (κ1) is 12.3. The number of carboxylic acid groups (broad SMARTS) is 1. The third-order valence-electron chi connectivity index (χ3n) is 3.04. The molecule has 100 valence electrons. The van der Waals surface area contributed by atoms with Crippen LogP contribution in [0.3, 0.4) is 0 Å². The van der Waals surface area contributed by atoms with Gasteiger partial charge in [-0.25, -0.2) is 4.79 Å². The van der Waals surface area contributed by atoms with Crippen molar-refractivity contribution in [1.29, 1.82) is 0 Å². The second-order valence-corrected chi connectivity index (χ2v) is 4.33. The molecule has 0 aromatic heterocycles. The Morgan fingerprint density at radius 1 is 1.00 bits per heavy atom. The summed E-state index contributed by atoms with van der Waals surface area (Å²) in [6, 6.07) is 17.4. The van der Waals surface area contributed by atoms with Gasteiger partial charge in [0, 0.05) is 5.56 Å². The molecule has 1 aliphatic rings. The maximum Gasteiger partial charge on any atom is 0.374 e. The lowest BCUT2D eigenvalue weighted by Crippen LogP contribution is -2.05. The van der Waals surface area contributed by atoms with Crippen LogP contribution in [0, 0.1) is 0 Å². The van der Waals surface area contributed by atoms with Gasteiger partial charge in [-0.2, -0.15) is 0 Å². The molecule has 0 radical (unpaired) electrons. The molecule has 1 unspecified atom stereocenters. The molecule has 3 rings (SSSR count). The summed E-state index contributed by atoms with van der Waals surface area (Å²) in [6.45, 7) is 0. The van der Waals surface area contributed by atoms with Gasteiger partial charge in [0.1, 0.15) is 6.26 Å². The third-order valence-corrected chi connectivity index (χ3v) is 3.04. The normalized spacial score (nSPS) is 17.0. The molecule has 1 heterocycles. The molecule has 1 atom stereocenters. The summed E-state index contributed by atoms with van der Waals surface area (Å²) in [6.07, 6.45) is 0.409. The minimum absolute atomic E-state index is 0.183. The third kappa shape index (κ3) is 2.23. The van der Waals surface area contributed by atoms with Crippen molar-refractivity contribution in [3.8, 4) is 11.1 Å². The van der Waals surface area contributed by atoms with Crippen LogP contribution in [-0.4, -0.2) is 11.1 Å². The van der Waals surface area contributed by atoms with E-state index in [4.69, 9.17) is 14.6 Å². The maximum atomic E-state index is 10.9. The van der Waals surface area contributed by atoms with E-state index < -0.39 is 12.3 Å². The first-order valence-corrected chi connectivity index (χ1v) is 6.15. The molecule has 2 aromatic rings. The second kappa shape index (κ2) is 5.09. The highest BCUT2D eigenvalue weighted by Crippen LogP contribution is 2.35. The first-order chi connectivity index (χ1) is 9.75. The molecule has 0 saturated heterocycles. The van der Waals surface area contributed by atoms with Gasteiger partial charge in [-0.1, -0.05) is 54.6 Å². The van der Waals surface area contributed by atoms with Gasteiger partial charge in [0.15, 0.2) is 0 Å². The summed E-state index contributed by atoms with van der Waals surface area (Å²) in [5, 5.41) is 8.89. The average Bonchev–Trinajstić information content (AvgIpc) is 2.98. The molecule has 0 aliphatic carbocycles. The minimum Gasteiger partial charge on any atom is -0.475 e. The maximum absolute atomic E-state index is 10.9. The van der Waals surface area contributed by atoms with Gasteiger partial charge in [0.25, 0.3) is 6.29 Å². The van der Waals surface area contributed by atoms with Crippen LogP contribution in [0.5, 0.6) is 0 Å². The Hall–Kier alpha value is -2.75. The zero-order valence-corrected chi connectivity index (χ0v) is 10.5. The van der Waals surface area contributed by atoms with Crippen LogP contribution in [-0.2, 0) is 14.3 Å². The Balaban J connectivity index is 1.95. The summed E-state index contributed by atoms with van der Waals surface area (Å²) in [4.78, 5) is 10.9. The lowest BCUT2D eigenvalue weighted by Gasteiger charge is -2.15. The Morgan fingerprint density at radius 3 is 2.40 bits per heavy atom. The SMILES string of the molecule is O=C(O)C1=COC(c2ccccc2-c2ccccc2)O1. The van der Waals surface area contributed by atoms with Crippen LogP contribution in [0.2, 0.25) is 0 Å². The lowest BCUT2D eigenvalue weighted by atomic mass is 9.99. The van der Waals surface area contributed by atoms with Crippen molar-refractivity contribution in [2.75, 3.05) is 0 Å². The number of hydrogen-bond donors (Lipinski definition) is 1. The molecule has 0 saturated carbocycles. The zero-order chi connectivity index (χ0) is 13.9. The fraction of sp³-hybridized carbons (Fsp3) is 0.0625. The molecule has 4 nitrogen and oxygen atoms in total. The van der Waals surface area contributed by atoms with E-state index in [9.17, 15) is 4.79 Å². The number of aliphatic carboxylic acids is 1. The first-order valence-electron chi connectivity index (χ1n) is 6.15. The van der Waals surface area contributed by atoms with Gasteiger partial charge in [-0.3, -0.25) is 0 Å². The van der Waals surface area contributed by atoms with Gasteiger partial charge in [-0.15, -0.1) is 0 Å². The fourth-order valence-corrected chi connectivity index (χ4v) is 2.12. The predicted octanol–water partition coefficient (Wildman–Crippen LogP) is 3.33. The van der Waals surface area contributed by atoms with Crippen LogP contribution < -0.4 is 0 Å². The van der Waals surface area contributed by atoms with Crippen molar-refractivity contribution in [3.05, 3.63) is 72.2 Å². The Labute approximate surface area is 115 Å². The second-order valence-electron chi connectivity index (χ2n) is 4.33. The van der Waals surface area contributed by atoms with E-state index >= 15 is 0 Å². The highest BCUT2D eigenvalue weighted by atomic mass is 16.7. The minimum atomic E-state index is -1.13. The highest BCUT2D eigenvalue weighted by molar-refractivity contribution is 5.84. The number of ether oxygens (including phenoxy) is 2. The van der Waals surface area contributed by atoms with Crippen LogP contribution in [0.1, 0.15) is 11.9 Å². The molecule has 1 aliphatic heterocycles. The Kier molecular flexibility index (Phi) is 3.13. The van der Waals surface area contributed by atoms with Gasteiger partial charge >= 0.3 is 5.97 Å². The van der Waals surface area contributed by atoms with Crippen LogP contribution >= 0.6 is 0 Å². The van der Waals surface area contributed by atoms with Crippen molar-refractivity contribution >= 4 is 5.97 Å². The molecular weight excluding hydrogens is 256 g/mol. The number of hydrogen-bond acceptors (Lipinski definition) is 3. The zero-order valence-electron chi connectivity index (χ0n) is 10.5. The van der Waals surface area contributed by atoms with E-state index in [0.717, 1.165) is 23.0 Å². The number of rotatable bonds is 3.